The highest BCUT2D eigenvalue weighted by molar-refractivity contribution is 6.13. The molecule has 0 spiro atoms. The summed E-state index contributed by atoms with van der Waals surface area (Å²) in [5.74, 6) is 0. The topological polar surface area (TPSA) is 0 Å². The van der Waals surface area contributed by atoms with E-state index in [2.05, 4.69) is 222 Å². The van der Waals surface area contributed by atoms with E-state index >= 15 is 0 Å². The fraction of sp³-hybridized carbons (Fsp3) is 0.429. The number of hydrogen-bond acceptors (Lipinski definition) is 0. The summed E-state index contributed by atoms with van der Waals surface area (Å²) < 4.78 is 0. The fourth-order valence-corrected chi connectivity index (χ4v) is 8.85. The summed E-state index contributed by atoms with van der Waals surface area (Å²) in [5, 5.41) is 5.11. The predicted octanol–water partition coefficient (Wildman–Crippen LogP) is 16.8. The van der Waals surface area contributed by atoms with Gasteiger partial charge in [-0.1, -0.05) is 203 Å². The molecule has 0 unspecified atom stereocenters. The largest absolute Gasteiger partial charge is 0.0616 e. The molecule has 0 bridgehead atoms. The van der Waals surface area contributed by atoms with Crippen molar-refractivity contribution in [2.45, 2.75) is 157 Å². The van der Waals surface area contributed by atoms with Crippen LogP contribution in [0.5, 0.6) is 0 Å². The van der Waals surface area contributed by atoms with Gasteiger partial charge in [0.1, 0.15) is 0 Å². The molecule has 0 nitrogen and oxygen atoms in total. The van der Waals surface area contributed by atoms with Crippen molar-refractivity contribution in [2.24, 2.45) is 0 Å². The van der Waals surface area contributed by atoms with Gasteiger partial charge >= 0.3 is 0 Å². The minimum absolute atomic E-state index is 0.0178. The van der Waals surface area contributed by atoms with Gasteiger partial charge in [-0.2, -0.15) is 0 Å². The SMILES string of the molecule is CC(C)(C)c1ccc(-c2cc3cc4ccccc4cc3c(-c3ccc(C(C)(C)C)c(C(C)(C)C)c3)c2-c2ccc(C(C)(C)C)c(C(C)(C)C)c2)cc1C(C)(C)C. The maximum atomic E-state index is 2.54. The summed E-state index contributed by atoms with van der Waals surface area (Å²) in [5.41, 5.74) is 16.2. The van der Waals surface area contributed by atoms with E-state index in [1.54, 1.807) is 0 Å². The van der Waals surface area contributed by atoms with E-state index in [4.69, 9.17) is 0 Å². The van der Waals surface area contributed by atoms with Gasteiger partial charge in [0.15, 0.2) is 0 Å². The first-order valence-electron chi connectivity index (χ1n) is 21.0. The Morgan fingerprint density at radius 2 is 0.607 bits per heavy atom. The van der Waals surface area contributed by atoms with E-state index in [1.165, 1.54) is 88.3 Å². The molecule has 0 heterocycles. The minimum Gasteiger partial charge on any atom is -0.0616 e. The lowest BCUT2D eigenvalue weighted by Crippen LogP contribution is -2.22. The highest BCUT2D eigenvalue weighted by Crippen LogP contribution is 2.50. The predicted molar refractivity (Wildman–Crippen MR) is 250 cm³/mol. The van der Waals surface area contributed by atoms with E-state index in [0.29, 0.717) is 0 Å². The molecule has 56 heavy (non-hydrogen) atoms. The van der Waals surface area contributed by atoms with Crippen molar-refractivity contribution in [3.8, 4) is 33.4 Å². The third-order valence-corrected chi connectivity index (χ3v) is 11.8. The third kappa shape index (κ3) is 8.01. The van der Waals surface area contributed by atoms with E-state index in [0.717, 1.165) is 0 Å². The molecule has 0 radical (unpaired) electrons. The second kappa shape index (κ2) is 13.7. The average Bonchev–Trinajstić information content (AvgIpc) is 3.07. The van der Waals surface area contributed by atoms with Gasteiger partial charge in [0.2, 0.25) is 0 Å². The molecule has 6 aromatic carbocycles. The first-order valence-corrected chi connectivity index (χ1v) is 21.0. The molecule has 0 saturated carbocycles. The minimum atomic E-state index is -0.0342. The molecule has 0 atom stereocenters. The maximum absolute atomic E-state index is 2.54. The van der Waals surface area contributed by atoms with Gasteiger partial charge in [0.25, 0.3) is 0 Å². The zero-order valence-corrected chi connectivity index (χ0v) is 38.2. The van der Waals surface area contributed by atoms with E-state index in [1.807, 2.05) is 0 Å². The van der Waals surface area contributed by atoms with E-state index in [-0.39, 0.29) is 32.5 Å². The van der Waals surface area contributed by atoms with Crippen molar-refractivity contribution in [1.29, 1.82) is 0 Å². The van der Waals surface area contributed by atoms with Crippen LogP contribution in [0, 0.1) is 0 Å². The zero-order valence-electron chi connectivity index (χ0n) is 38.2. The van der Waals surface area contributed by atoms with Gasteiger partial charge in [-0.15, -0.1) is 0 Å². The van der Waals surface area contributed by atoms with Crippen LogP contribution in [0.2, 0.25) is 0 Å². The lowest BCUT2D eigenvalue weighted by Gasteiger charge is -2.33. The second-order valence-corrected chi connectivity index (χ2v) is 22.9. The van der Waals surface area contributed by atoms with Gasteiger partial charge in [-0.25, -0.2) is 0 Å². The Morgan fingerprint density at radius 1 is 0.268 bits per heavy atom. The Kier molecular flexibility index (Phi) is 10.2. The molecule has 294 valence electrons. The van der Waals surface area contributed by atoms with Crippen LogP contribution < -0.4 is 0 Å². The molecule has 0 heteroatoms. The van der Waals surface area contributed by atoms with Crippen molar-refractivity contribution in [2.75, 3.05) is 0 Å². The summed E-state index contributed by atoms with van der Waals surface area (Å²) in [6.07, 6.45) is 0. The third-order valence-electron chi connectivity index (χ3n) is 11.8. The first-order chi connectivity index (χ1) is 25.6. The quantitative estimate of drug-likeness (QED) is 0.158. The molecule has 0 aromatic heterocycles. The molecule has 0 aliphatic heterocycles. The lowest BCUT2D eigenvalue weighted by atomic mass is 9.72. The second-order valence-electron chi connectivity index (χ2n) is 22.9. The Labute approximate surface area is 341 Å². The number of hydrogen-bond donors (Lipinski definition) is 0. The molecule has 6 aromatic rings. The zero-order chi connectivity index (χ0) is 41.6. The van der Waals surface area contributed by atoms with Crippen molar-refractivity contribution in [3.05, 3.63) is 130 Å². The summed E-state index contributed by atoms with van der Waals surface area (Å²) in [6, 6.07) is 38.4. The average molecular weight is 743 g/mol. The Morgan fingerprint density at radius 3 is 1.00 bits per heavy atom. The number of benzene rings is 6. The number of rotatable bonds is 3. The monoisotopic (exact) mass is 743 g/mol. The van der Waals surface area contributed by atoms with Crippen LogP contribution in [0.25, 0.3) is 54.9 Å². The van der Waals surface area contributed by atoms with Crippen LogP contribution in [0.15, 0.2) is 97.1 Å². The molecule has 0 fully saturated rings. The standard InChI is InChI=1S/C56H70/c1-51(2,3)43-26-23-37(32-46(43)54(10,11)12)41-31-40-29-35-21-19-20-22-36(35)30-42(40)50(39-25-28-45(53(7,8)9)48(34-39)56(16,17)18)49(41)38-24-27-44(52(4,5)6)47(33-38)55(13,14)15/h19-34H,1-18H3. The van der Waals surface area contributed by atoms with Crippen molar-refractivity contribution in [1.82, 2.24) is 0 Å². The Balaban J connectivity index is 1.89. The van der Waals surface area contributed by atoms with Gasteiger partial charge < -0.3 is 0 Å². The molecule has 0 N–H and O–H groups in total. The van der Waals surface area contributed by atoms with Crippen LogP contribution in [0.4, 0.5) is 0 Å². The van der Waals surface area contributed by atoms with Crippen molar-refractivity contribution >= 4 is 21.5 Å². The van der Waals surface area contributed by atoms with Crippen LogP contribution in [-0.2, 0) is 32.5 Å². The van der Waals surface area contributed by atoms with Gasteiger partial charge in [0.05, 0.1) is 0 Å². The van der Waals surface area contributed by atoms with Gasteiger partial charge in [-0.3, -0.25) is 0 Å². The highest BCUT2D eigenvalue weighted by atomic mass is 14.3. The summed E-state index contributed by atoms with van der Waals surface area (Å²) in [7, 11) is 0. The molecular formula is C56H70. The van der Waals surface area contributed by atoms with E-state index < -0.39 is 0 Å². The summed E-state index contributed by atoms with van der Waals surface area (Å²) in [4.78, 5) is 0. The van der Waals surface area contributed by atoms with E-state index in [9.17, 15) is 0 Å². The van der Waals surface area contributed by atoms with Crippen LogP contribution in [-0.4, -0.2) is 0 Å². The lowest BCUT2D eigenvalue weighted by molar-refractivity contribution is 0.530. The Hall–Kier alpha value is -4.16. The molecule has 0 aliphatic carbocycles. The van der Waals surface area contributed by atoms with Crippen molar-refractivity contribution < 1.29 is 0 Å². The number of fused-ring (bicyclic) bond motifs is 2. The molecule has 0 saturated heterocycles. The van der Waals surface area contributed by atoms with Crippen LogP contribution in [0.3, 0.4) is 0 Å². The smallest absolute Gasteiger partial charge is 0.00202 e. The summed E-state index contributed by atoms with van der Waals surface area (Å²) >= 11 is 0. The summed E-state index contributed by atoms with van der Waals surface area (Å²) in [6.45, 7) is 42.5. The molecule has 6 rings (SSSR count). The first kappa shape index (κ1) is 41.5. The van der Waals surface area contributed by atoms with Crippen LogP contribution >= 0.6 is 0 Å². The molecular weight excluding hydrogens is 673 g/mol. The Bertz CT molecular complexity index is 2440. The fourth-order valence-electron chi connectivity index (χ4n) is 8.85. The van der Waals surface area contributed by atoms with Gasteiger partial charge in [0, 0.05) is 0 Å². The highest BCUT2D eigenvalue weighted by Gasteiger charge is 2.31. The van der Waals surface area contributed by atoms with Gasteiger partial charge in [-0.05, 0) is 139 Å². The maximum Gasteiger partial charge on any atom is -0.00202 e. The van der Waals surface area contributed by atoms with Crippen molar-refractivity contribution in [3.63, 3.8) is 0 Å². The van der Waals surface area contributed by atoms with Crippen LogP contribution in [0.1, 0.15) is 158 Å². The normalized spacial score (nSPS) is 13.5. The molecule has 0 amide bonds. The molecule has 0 aliphatic rings.